The molecule has 1 aromatic rings. The van der Waals surface area contributed by atoms with Crippen LogP contribution in [0.2, 0.25) is 0 Å². The molecule has 2 atom stereocenters. The molecule has 0 spiro atoms. The maximum absolute atomic E-state index is 13.0. The van der Waals surface area contributed by atoms with Crippen LogP contribution in [0.3, 0.4) is 0 Å². The lowest BCUT2D eigenvalue weighted by atomic mass is 9.81. The van der Waals surface area contributed by atoms with Crippen LogP contribution in [0, 0.1) is 5.92 Å². The molecule has 1 saturated heterocycles. The van der Waals surface area contributed by atoms with Crippen molar-refractivity contribution in [2.75, 3.05) is 20.2 Å². The van der Waals surface area contributed by atoms with E-state index in [9.17, 15) is 14.4 Å². The van der Waals surface area contributed by atoms with Gasteiger partial charge in [-0.05, 0) is 31.2 Å². The number of pyridine rings is 1. The first-order chi connectivity index (χ1) is 13.0. The van der Waals surface area contributed by atoms with Crippen molar-refractivity contribution in [3.63, 3.8) is 0 Å². The molecule has 2 fully saturated rings. The Hall–Kier alpha value is -2.31. The van der Waals surface area contributed by atoms with Gasteiger partial charge in [0.05, 0.1) is 7.11 Å². The van der Waals surface area contributed by atoms with Gasteiger partial charge in [0.1, 0.15) is 5.54 Å². The van der Waals surface area contributed by atoms with Gasteiger partial charge in [-0.25, -0.2) is 9.59 Å². The van der Waals surface area contributed by atoms with Gasteiger partial charge >= 0.3 is 12.0 Å². The summed E-state index contributed by atoms with van der Waals surface area (Å²) in [5.74, 6) is 0.0877. The Morgan fingerprint density at radius 3 is 2.67 bits per heavy atom. The molecular formula is C20H27N3O4. The molecule has 1 aliphatic carbocycles. The average Bonchev–Trinajstić information content (AvgIpc) is 2.68. The Labute approximate surface area is 158 Å². The van der Waals surface area contributed by atoms with E-state index in [-0.39, 0.29) is 29.4 Å². The first kappa shape index (κ1) is 18.1. The second-order valence-corrected chi connectivity index (χ2v) is 8.17. The number of ether oxygens (including phenoxy) is 1. The van der Waals surface area contributed by atoms with Gasteiger partial charge in [-0.2, -0.15) is 0 Å². The van der Waals surface area contributed by atoms with Gasteiger partial charge in [-0.15, -0.1) is 0 Å². The van der Waals surface area contributed by atoms with Crippen LogP contribution in [0.4, 0.5) is 4.79 Å². The van der Waals surface area contributed by atoms with E-state index in [1.165, 1.54) is 7.11 Å². The molecule has 3 aliphatic rings. The number of amides is 2. The Morgan fingerprint density at radius 2 is 1.93 bits per heavy atom. The Balaban J connectivity index is 1.52. The van der Waals surface area contributed by atoms with Crippen molar-refractivity contribution in [2.45, 2.75) is 56.5 Å². The average molecular weight is 373 g/mol. The normalized spacial score (nSPS) is 26.0. The van der Waals surface area contributed by atoms with E-state index in [0.29, 0.717) is 32.5 Å². The topological polar surface area (TPSA) is 80.6 Å². The second-order valence-electron chi connectivity index (χ2n) is 8.17. The lowest BCUT2D eigenvalue weighted by Gasteiger charge is -2.44. The van der Waals surface area contributed by atoms with Crippen LogP contribution in [0.5, 0.6) is 0 Å². The minimum Gasteiger partial charge on any atom is -0.467 e. The summed E-state index contributed by atoms with van der Waals surface area (Å²) >= 11 is 0. The van der Waals surface area contributed by atoms with Gasteiger partial charge in [0.2, 0.25) is 0 Å². The number of urea groups is 1. The van der Waals surface area contributed by atoms with Crippen LogP contribution in [0.1, 0.15) is 50.1 Å². The number of likely N-dealkylation sites (tertiary alicyclic amines) is 1. The minimum absolute atomic E-state index is 0.0342. The monoisotopic (exact) mass is 373 g/mol. The van der Waals surface area contributed by atoms with Crippen LogP contribution in [0.25, 0.3) is 0 Å². The third kappa shape index (κ3) is 3.24. The summed E-state index contributed by atoms with van der Waals surface area (Å²) in [6.45, 7) is 1.83. The molecule has 2 aliphatic heterocycles. The highest BCUT2D eigenvalue weighted by Crippen LogP contribution is 2.35. The molecule has 2 amide bonds. The number of hydrogen-bond acceptors (Lipinski definition) is 4. The molecule has 1 N–H and O–H groups in total. The summed E-state index contributed by atoms with van der Waals surface area (Å²) in [6.07, 6.45) is 5.16. The van der Waals surface area contributed by atoms with Crippen molar-refractivity contribution < 1.29 is 14.3 Å². The summed E-state index contributed by atoms with van der Waals surface area (Å²) in [7, 11) is 1.38. The zero-order valence-electron chi connectivity index (χ0n) is 15.8. The first-order valence-electron chi connectivity index (χ1n) is 9.88. The fraction of sp³-hybridized carbons (Fsp3) is 0.650. The van der Waals surface area contributed by atoms with Gasteiger partial charge in [0.15, 0.2) is 0 Å². The van der Waals surface area contributed by atoms with E-state index in [2.05, 4.69) is 5.32 Å². The molecular weight excluding hydrogens is 346 g/mol. The fourth-order valence-electron chi connectivity index (χ4n) is 5.08. The van der Waals surface area contributed by atoms with E-state index in [0.717, 1.165) is 31.4 Å². The van der Waals surface area contributed by atoms with E-state index in [1.54, 1.807) is 12.1 Å². The Kier molecular flexibility index (Phi) is 4.70. The smallest absolute Gasteiger partial charge is 0.331 e. The minimum atomic E-state index is -0.897. The van der Waals surface area contributed by atoms with Gasteiger partial charge in [-0.1, -0.05) is 25.3 Å². The highest BCUT2D eigenvalue weighted by atomic mass is 16.5. The summed E-state index contributed by atoms with van der Waals surface area (Å²) in [4.78, 5) is 39.4. The standard InChI is InChI=1S/C20H27N3O4/c1-27-18(25)20(8-3-2-4-9-20)21-19(26)22-11-14-10-15(13-22)16-6-5-7-17(24)23(16)12-14/h5-7,14-15H,2-4,8-13H2,1H3,(H,21,26). The number of carbonyl (C=O) groups is 2. The lowest BCUT2D eigenvalue weighted by molar-refractivity contribution is -0.149. The third-order valence-electron chi connectivity index (χ3n) is 6.40. The van der Waals surface area contributed by atoms with Gasteiger partial charge < -0.3 is 19.5 Å². The summed E-state index contributed by atoms with van der Waals surface area (Å²) in [5, 5.41) is 3.02. The van der Waals surface area contributed by atoms with Crippen molar-refractivity contribution >= 4 is 12.0 Å². The Bertz CT molecular complexity index is 797. The first-order valence-corrected chi connectivity index (χ1v) is 9.88. The summed E-state index contributed by atoms with van der Waals surface area (Å²) in [5.41, 5.74) is 0.148. The van der Waals surface area contributed by atoms with Crippen molar-refractivity contribution in [3.05, 3.63) is 34.2 Å². The molecule has 0 aromatic carbocycles. The van der Waals surface area contributed by atoms with Gasteiger partial charge in [0, 0.05) is 37.3 Å². The highest BCUT2D eigenvalue weighted by molar-refractivity contribution is 5.87. The molecule has 1 saturated carbocycles. The van der Waals surface area contributed by atoms with Crippen molar-refractivity contribution in [2.24, 2.45) is 5.92 Å². The summed E-state index contributed by atoms with van der Waals surface area (Å²) < 4.78 is 6.86. The van der Waals surface area contributed by atoms with Crippen molar-refractivity contribution in [3.8, 4) is 0 Å². The van der Waals surface area contributed by atoms with Crippen molar-refractivity contribution in [1.29, 1.82) is 0 Å². The van der Waals surface area contributed by atoms with Crippen LogP contribution >= 0.6 is 0 Å². The van der Waals surface area contributed by atoms with Gasteiger partial charge in [-0.3, -0.25) is 4.79 Å². The quantitative estimate of drug-likeness (QED) is 0.803. The van der Waals surface area contributed by atoms with Crippen LogP contribution in [-0.2, 0) is 16.1 Å². The highest BCUT2D eigenvalue weighted by Gasteiger charge is 2.44. The third-order valence-corrected chi connectivity index (χ3v) is 6.40. The van der Waals surface area contributed by atoms with Gasteiger partial charge in [0.25, 0.3) is 5.56 Å². The van der Waals surface area contributed by atoms with E-state index in [1.807, 2.05) is 15.5 Å². The molecule has 4 rings (SSSR count). The number of nitrogens with zero attached hydrogens (tertiary/aromatic N) is 2. The number of aromatic nitrogens is 1. The molecule has 0 radical (unpaired) electrons. The van der Waals surface area contributed by atoms with Crippen molar-refractivity contribution in [1.82, 2.24) is 14.8 Å². The number of hydrogen-bond donors (Lipinski definition) is 1. The van der Waals surface area contributed by atoms with Crippen LogP contribution in [0.15, 0.2) is 23.0 Å². The van der Waals surface area contributed by atoms with E-state index < -0.39 is 5.54 Å². The number of fused-ring (bicyclic) bond motifs is 4. The van der Waals surface area contributed by atoms with E-state index in [4.69, 9.17) is 4.74 Å². The maximum atomic E-state index is 13.0. The zero-order chi connectivity index (χ0) is 19.0. The molecule has 7 heteroatoms. The predicted molar refractivity (Wildman–Crippen MR) is 99.5 cm³/mol. The van der Waals surface area contributed by atoms with Crippen LogP contribution in [-0.4, -0.2) is 47.2 Å². The second kappa shape index (κ2) is 7.02. The molecule has 2 unspecified atom stereocenters. The molecule has 146 valence electrons. The van der Waals surface area contributed by atoms with Crippen LogP contribution < -0.4 is 10.9 Å². The predicted octanol–water partition coefficient (Wildman–Crippen LogP) is 1.85. The molecule has 3 heterocycles. The lowest BCUT2D eigenvalue weighted by Crippen LogP contribution is -2.61. The zero-order valence-corrected chi connectivity index (χ0v) is 15.8. The molecule has 27 heavy (non-hydrogen) atoms. The SMILES string of the molecule is COC(=O)C1(NC(=O)N2CC3CC(C2)c2cccc(=O)n2C3)CCCCC1. The number of rotatable bonds is 2. The number of nitrogens with one attached hydrogen (secondary N) is 1. The molecule has 2 bridgehead atoms. The number of esters is 1. The van der Waals surface area contributed by atoms with E-state index >= 15 is 0 Å². The fourth-order valence-corrected chi connectivity index (χ4v) is 5.08. The largest absolute Gasteiger partial charge is 0.467 e. The number of carbonyl (C=O) groups excluding carboxylic acids is 2. The number of piperidine rings is 1. The molecule has 7 nitrogen and oxygen atoms in total. The maximum Gasteiger partial charge on any atom is 0.331 e. The Morgan fingerprint density at radius 1 is 1.15 bits per heavy atom. The molecule has 1 aromatic heterocycles. The number of methoxy groups -OCH3 is 1. The summed E-state index contributed by atoms with van der Waals surface area (Å²) in [6, 6.07) is 5.18.